The maximum Gasteiger partial charge on any atom is 0.330 e. The Bertz CT molecular complexity index is 1490. The van der Waals surface area contributed by atoms with Crippen LogP contribution in [0.4, 0.5) is 17.2 Å². The monoisotopic (exact) mass is 487 g/mol. The molecule has 36 heavy (non-hydrogen) atoms. The van der Waals surface area contributed by atoms with Crippen LogP contribution in [-0.2, 0) is 17.9 Å². The first-order chi connectivity index (χ1) is 17.3. The SMILES string of the molecule is CN(C(=O)c1cccc(NC(=O)CCn2ccnc2)c1)c1c(N)n(Cc2ccccc2)c(=O)[nH]c1=O. The molecule has 4 N–H and O–H groups in total. The van der Waals surface area contributed by atoms with Gasteiger partial charge in [0.05, 0.1) is 12.9 Å². The number of anilines is 3. The second-order valence-electron chi connectivity index (χ2n) is 8.11. The van der Waals surface area contributed by atoms with E-state index in [9.17, 15) is 19.2 Å². The first kappa shape index (κ1) is 24.2. The topological polar surface area (TPSA) is 148 Å². The van der Waals surface area contributed by atoms with Crippen molar-refractivity contribution in [1.82, 2.24) is 19.1 Å². The van der Waals surface area contributed by atoms with Gasteiger partial charge in [-0.25, -0.2) is 9.78 Å². The molecule has 2 aromatic carbocycles. The fourth-order valence-electron chi connectivity index (χ4n) is 3.72. The number of amides is 2. The Kier molecular flexibility index (Phi) is 7.10. The molecule has 0 saturated heterocycles. The lowest BCUT2D eigenvalue weighted by molar-refractivity contribution is -0.116. The Morgan fingerprint density at radius 1 is 1.11 bits per heavy atom. The van der Waals surface area contributed by atoms with Gasteiger partial charge in [-0.2, -0.15) is 0 Å². The second-order valence-corrected chi connectivity index (χ2v) is 8.11. The molecule has 11 nitrogen and oxygen atoms in total. The molecule has 0 aliphatic carbocycles. The highest BCUT2D eigenvalue weighted by atomic mass is 16.2. The van der Waals surface area contributed by atoms with E-state index >= 15 is 0 Å². The normalized spacial score (nSPS) is 10.7. The molecule has 0 unspecified atom stereocenters. The number of aromatic nitrogens is 4. The summed E-state index contributed by atoms with van der Waals surface area (Å²) in [5.41, 5.74) is 6.06. The number of benzene rings is 2. The minimum Gasteiger partial charge on any atom is -0.383 e. The van der Waals surface area contributed by atoms with E-state index in [0.717, 1.165) is 10.5 Å². The van der Waals surface area contributed by atoms with Gasteiger partial charge in [0.2, 0.25) is 5.91 Å². The van der Waals surface area contributed by atoms with E-state index in [2.05, 4.69) is 15.3 Å². The molecular formula is C25H25N7O4. The van der Waals surface area contributed by atoms with Crippen LogP contribution in [0.15, 0.2) is 82.9 Å². The van der Waals surface area contributed by atoms with Crippen molar-refractivity contribution < 1.29 is 9.59 Å². The van der Waals surface area contributed by atoms with Gasteiger partial charge in [0.1, 0.15) is 5.82 Å². The number of nitrogen functional groups attached to an aromatic ring is 1. The van der Waals surface area contributed by atoms with Crippen LogP contribution >= 0.6 is 0 Å². The van der Waals surface area contributed by atoms with Gasteiger partial charge in [0.25, 0.3) is 11.5 Å². The number of nitrogens with zero attached hydrogens (tertiary/aromatic N) is 4. The van der Waals surface area contributed by atoms with E-state index in [1.165, 1.54) is 17.7 Å². The van der Waals surface area contributed by atoms with E-state index in [1.807, 2.05) is 30.3 Å². The van der Waals surface area contributed by atoms with E-state index < -0.39 is 17.2 Å². The van der Waals surface area contributed by atoms with Crippen LogP contribution in [0.2, 0.25) is 0 Å². The molecule has 2 amide bonds. The molecule has 0 fully saturated rings. The number of nitrogens with one attached hydrogen (secondary N) is 2. The first-order valence-corrected chi connectivity index (χ1v) is 11.1. The van der Waals surface area contributed by atoms with Crippen LogP contribution in [0.1, 0.15) is 22.3 Å². The molecule has 4 rings (SSSR count). The highest BCUT2D eigenvalue weighted by molar-refractivity contribution is 6.07. The molecule has 0 aliphatic heterocycles. The van der Waals surface area contributed by atoms with Crippen LogP contribution in [0.5, 0.6) is 0 Å². The lowest BCUT2D eigenvalue weighted by Gasteiger charge is -2.21. The van der Waals surface area contributed by atoms with Crippen LogP contribution in [0.3, 0.4) is 0 Å². The predicted molar refractivity (Wildman–Crippen MR) is 136 cm³/mol. The van der Waals surface area contributed by atoms with Crippen LogP contribution < -0.4 is 27.2 Å². The number of aromatic amines is 1. The molecule has 2 heterocycles. The number of hydrogen-bond acceptors (Lipinski definition) is 6. The lowest BCUT2D eigenvalue weighted by atomic mass is 10.1. The summed E-state index contributed by atoms with van der Waals surface area (Å²) in [5, 5.41) is 2.76. The molecule has 0 saturated carbocycles. The number of carbonyl (C=O) groups excluding carboxylic acids is 2. The van der Waals surface area contributed by atoms with E-state index in [-0.39, 0.29) is 35.9 Å². The predicted octanol–water partition coefficient (Wildman–Crippen LogP) is 1.67. The fourth-order valence-corrected chi connectivity index (χ4v) is 3.72. The summed E-state index contributed by atoms with van der Waals surface area (Å²) in [7, 11) is 1.40. The minimum absolute atomic E-state index is 0.123. The van der Waals surface area contributed by atoms with Crippen molar-refractivity contribution in [1.29, 1.82) is 0 Å². The fraction of sp³-hybridized carbons (Fsp3) is 0.160. The van der Waals surface area contributed by atoms with Crippen LogP contribution in [-0.4, -0.2) is 38.0 Å². The average molecular weight is 488 g/mol. The zero-order valence-electron chi connectivity index (χ0n) is 19.5. The van der Waals surface area contributed by atoms with Gasteiger partial charge in [-0.1, -0.05) is 36.4 Å². The number of aryl methyl sites for hydroxylation is 1. The van der Waals surface area contributed by atoms with Gasteiger partial charge in [-0.3, -0.25) is 23.9 Å². The Hall–Kier alpha value is -4.93. The average Bonchev–Trinajstić information content (AvgIpc) is 3.39. The quantitative estimate of drug-likeness (QED) is 0.344. The van der Waals surface area contributed by atoms with Gasteiger partial charge < -0.3 is 20.5 Å². The van der Waals surface area contributed by atoms with Gasteiger partial charge >= 0.3 is 5.69 Å². The molecular weight excluding hydrogens is 462 g/mol. The maximum atomic E-state index is 13.2. The number of imidazole rings is 1. The standard InChI is InChI=1S/C25H25N7O4/c1-30(21-22(26)32(25(36)29-23(21)34)15-17-6-3-2-4-7-17)24(35)18-8-5-9-19(14-18)28-20(33)10-12-31-13-11-27-16-31/h2-9,11,13-14,16H,10,12,15,26H2,1H3,(H,28,33)(H,29,34,36). The molecule has 0 spiro atoms. The van der Waals surface area contributed by atoms with Crippen LogP contribution in [0, 0.1) is 0 Å². The lowest BCUT2D eigenvalue weighted by Crippen LogP contribution is -2.39. The summed E-state index contributed by atoms with van der Waals surface area (Å²) >= 11 is 0. The zero-order chi connectivity index (χ0) is 25.7. The number of rotatable bonds is 8. The van der Waals surface area contributed by atoms with Crippen molar-refractivity contribution in [3.8, 4) is 0 Å². The highest BCUT2D eigenvalue weighted by Crippen LogP contribution is 2.20. The van der Waals surface area contributed by atoms with Crippen molar-refractivity contribution in [2.45, 2.75) is 19.5 Å². The molecule has 0 radical (unpaired) electrons. The Morgan fingerprint density at radius 2 is 1.89 bits per heavy atom. The molecule has 0 bridgehead atoms. The summed E-state index contributed by atoms with van der Waals surface area (Å²) in [6, 6.07) is 15.5. The van der Waals surface area contributed by atoms with E-state index in [4.69, 9.17) is 5.73 Å². The molecule has 0 aliphatic rings. The van der Waals surface area contributed by atoms with Gasteiger partial charge in [0.15, 0.2) is 5.69 Å². The maximum absolute atomic E-state index is 13.2. The van der Waals surface area contributed by atoms with Crippen molar-refractivity contribution in [2.75, 3.05) is 23.0 Å². The van der Waals surface area contributed by atoms with Crippen molar-refractivity contribution in [3.05, 3.63) is 105 Å². The molecule has 184 valence electrons. The number of hydrogen-bond donors (Lipinski definition) is 3. The summed E-state index contributed by atoms with van der Waals surface area (Å²) in [5.74, 6) is -0.894. The van der Waals surface area contributed by atoms with Gasteiger partial charge in [-0.15, -0.1) is 0 Å². The van der Waals surface area contributed by atoms with Crippen molar-refractivity contribution >= 4 is 29.0 Å². The third kappa shape index (κ3) is 5.41. The number of carbonyl (C=O) groups is 2. The van der Waals surface area contributed by atoms with E-state index in [1.54, 1.807) is 41.5 Å². The summed E-state index contributed by atoms with van der Waals surface area (Å²) in [6.45, 7) is 0.589. The third-order valence-electron chi connectivity index (χ3n) is 5.59. The first-order valence-electron chi connectivity index (χ1n) is 11.1. The Morgan fingerprint density at radius 3 is 2.61 bits per heavy atom. The second kappa shape index (κ2) is 10.6. The Labute approximate surface area is 205 Å². The largest absolute Gasteiger partial charge is 0.383 e. The van der Waals surface area contributed by atoms with Gasteiger partial charge in [-0.05, 0) is 23.8 Å². The number of nitrogens with two attached hydrogens (primary N) is 1. The minimum atomic E-state index is -0.776. The summed E-state index contributed by atoms with van der Waals surface area (Å²) in [4.78, 5) is 57.9. The smallest absolute Gasteiger partial charge is 0.330 e. The Balaban J connectivity index is 1.54. The summed E-state index contributed by atoms with van der Waals surface area (Å²) < 4.78 is 2.99. The highest BCUT2D eigenvalue weighted by Gasteiger charge is 2.22. The zero-order valence-corrected chi connectivity index (χ0v) is 19.5. The van der Waals surface area contributed by atoms with Crippen molar-refractivity contribution in [3.63, 3.8) is 0 Å². The van der Waals surface area contributed by atoms with Crippen molar-refractivity contribution in [2.24, 2.45) is 0 Å². The molecule has 11 heteroatoms. The third-order valence-corrected chi connectivity index (χ3v) is 5.59. The molecule has 4 aromatic rings. The molecule has 2 aromatic heterocycles. The van der Waals surface area contributed by atoms with Gasteiger partial charge in [0, 0.05) is 43.7 Å². The van der Waals surface area contributed by atoms with E-state index in [0.29, 0.717) is 12.2 Å². The van der Waals surface area contributed by atoms with Crippen LogP contribution in [0.25, 0.3) is 0 Å². The summed E-state index contributed by atoms with van der Waals surface area (Å²) in [6.07, 6.45) is 5.25. The number of H-pyrrole nitrogens is 1. The molecule has 0 atom stereocenters.